The van der Waals surface area contributed by atoms with Gasteiger partial charge in [0.2, 0.25) is 0 Å². The molecule has 5 heteroatoms. The summed E-state index contributed by atoms with van der Waals surface area (Å²) in [5, 5.41) is 0. The van der Waals surface area contributed by atoms with E-state index >= 15 is 0 Å². The van der Waals surface area contributed by atoms with E-state index in [9.17, 15) is 13.2 Å². The molecule has 1 heterocycles. The van der Waals surface area contributed by atoms with Gasteiger partial charge < -0.3 is 4.98 Å². The van der Waals surface area contributed by atoms with E-state index in [2.05, 4.69) is 4.98 Å². The van der Waals surface area contributed by atoms with Crippen molar-refractivity contribution in [2.75, 3.05) is 0 Å². The van der Waals surface area contributed by atoms with E-state index in [1.165, 1.54) is 12.3 Å². The SMILES string of the molecule is Fc1[c-]c(-c2ccccn2)c(F)cc1F.[Ir]. The van der Waals surface area contributed by atoms with Gasteiger partial charge in [0.1, 0.15) is 0 Å². The Labute approximate surface area is 104 Å². The van der Waals surface area contributed by atoms with Crippen molar-refractivity contribution in [2.24, 2.45) is 0 Å². The largest absolute Gasteiger partial charge is 0.305 e. The van der Waals surface area contributed by atoms with Gasteiger partial charge >= 0.3 is 0 Å². The molecule has 0 spiro atoms. The fraction of sp³-hybridized carbons (Fsp3) is 0. The summed E-state index contributed by atoms with van der Waals surface area (Å²) in [5.74, 6) is -3.35. The van der Waals surface area contributed by atoms with Crippen LogP contribution in [0.15, 0.2) is 30.5 Å². The predicted molar refractivity (Wildman–Crippen MR) is 48.4 cm³/mol. The van der Waals surface area contributed by atoms with Crippen molar-refractivity contribution < 1.29 is 33.3 Å². The molecule has 0 N–H and O–H groups in total. The Morgan fingerprint density at radius 3 is 2.44 bits per heavy atom. The van der Waals surface area contributed by atoms with Crippen LogP contribution >= 0.6 is 0 Å². The number of aromatic nitrogens is 1. The molecular formula is C11H5F3IrN-. The first-order valence-corrected chi connectivity index (χ1v) is 4.16. The van der Waals surface area contributed by atoms with Gasteiger partial charge in [-0.3, -0.25) is 8.78 Å². The van der Waals surface area contributed by atoms with Gasteiger partial charge in [-0.2, -0.15) is 0 Å². The summed E-state index contributed by atoms with van der Waals surface area (Å²) >= 11 is 0. The van der Waals surface area contributed by atoms with Crippen LogP contribution in [0.1, 0.15) is 0 Å². The van der Waals surface area contributed by atoms with Gasteiger partial charge in [0, 0.05) is 32.1 Å². The molecule has 2 rings (SSSR count). The standard InChI is InChI=1S/C11H5F3N.Ir/c12-8-6-10(14)9(13)5-7(8)11-3-1-2-4-15-11;/h1-4,6H;/q-1;. The van der Waals surface area contributed by atoms with Crippen LogP contribution in [0.3, 0.4) is 0 Å². The molecule has 1 aromatic carbocycles. The van der Waals surface area contributed by atoms with Gasteiger partial charge in [0.25, 0.3) is 0 Å². The average molecular weight is 400 g/mol. The molecule has 0 bridgehead atoms. The quantitative estimate of drug-likeness (QED) is 0.530. The van der Waals surface area contributed by atoms with Crippen molar-refractivity contribution in [1.29, 1.82) is 0 Å². The first-order valence-electron chi connectivity index (χ1n) is 4.16. The number of pyridine rings is 1. The van der Waals surface area contributed by atoms with Crippen LogP contribution in [0.4, 0.5) is 13.2 Å². The first-order chi connectivity index (χ1) is 7.18. The van der Waals surface area contributed by atoms with Crippen molar-refractivity contribution in [3.05, 3.63) is 54.0 Å². The van der Waals surface area contributed by atoms with Crippen LogP contribution in [0.25, 0.3) is 11.3 Å². The zero-order valence-corrected chi connectivity index (χ0v) is 10.2. The predicted octanol–water partition coefficient (Wildman–Crippen LogP) is 2.96. The molecule has 16 heavy (non-hydrogen) atoms. The second-order valence-corrected chi connectivity index (χ2v) is 2.87. The van der Waals surface area contributed by atoms with Crippen molar-refractivity contribution in [3.8, 4) is 11.3 Å². The number of hydrogen-bond acceptors (Lipinski definition) is 1. The van der Waals surface area contributed by atoms with Crippen LogP contribution in [0, 0.1) is 23.5 Å². The van der Waals surface area contributed by atoms with E-state index < -0.39 is 17.5 Å². The van der Waals surface area contributed by atoms with E-state index in [1.54, 1.807) is 12.1 Å². The maximum absolute atomic E-state index is 13.2. The van der Waals surface area contributed by atoms with Gasteiger partial charge in [-0.25, -0.2) is 4.39 Å². The molecule has 0 saturated heterocycles. The maximum atomic E-state index is 13.2. The summed E-state index contributed by atoms with van der Waals surface area (Å²) in [6.45, 7) is 0. The summed E-state index contributed by atoms with van der Waals surface area (Å²) in [6.07, 6.45) is 1.43. The molecule has 1 radical (unpaired) electrons. The third-order valence-electron chi connectivity index (χ3n) is 1.86. The zero-order chi connectivity index (χ0) is 10.8. The molecule has 0 aliphatic carbocycles. The molecule has 0 fully saturated rings. The number of hydrogen-bond donors (Lipinski definition) is 0. The fourth-order valence-corrected chi connectivity index (χ4v) is 1.17. The molecule has 0 aliphatic rings. The van der Waals surface area contributed by atoms with Crippen molar-refractivity contribution in [1.82, 2.24) is 4.98 Å². The minimum Gasteiger partial charge on any atom is -0.305 e. The normalized spacial score (nSPS) is 9.69. The van der Waals surface area contributed by atoms with E-state index in [0.717, 1.165) is 0 Å². The third-order valence-corrected chi connectivity index (χ3v) is 1.86. The van der Waals surface area contributed by atoms with Crippen LogP contribution in [0.2, 0.25) is 0 Å². The number of rotatable bonds is 1. The number of nitrogens with zero attached hydrogens (tertiary/aromatic N) is 1. The first kappa shape index (κ1) is 12.9. The summed E-state index contributed by atoms with van der Waals surface area (Å²) in [4.78, 5) is 3.82. The van der Waals surface area contributed by atoms with Gasteiger partial charge in [-0.05, 0) is 11.8 Å². The van der Waals surface area contributed by atoms with Gasteiger partial charge in [-0.1, -0.05) is 29.8 Å². The molecular weight excluding hydrogens is 395 g/mol. The van der Waals surface area contributed by atoms with Crippen LogP contribution in [-0.4, -0.2) is 4.98 Å². The van der Waals surface area contributed by atoms with E-state index in [-0.39, 0.29) is 31.4 Å². The number of benzene rings is 1. The fourth-order valence-electron chi connectivity index (χ4n) is 1.17. The smallest absolute Gasteiger partial charge is 0.0756 e. The van der Waals surface area contributed by atoms with Crippen molar-refractivity contribution in [2.45, 2.75) is 0 Å². The zero-order valence-electron chi connectivity index (χ0n) is 7.80. The Morgan fingerprint density at radius 1 is 1.06 bits per heavy atom. The molecule has 0 amide bonds. The molecule has 2 aromatic rings. The van der Waals surface area contributed by atoms with E-state index in [1.807, 2.05) is 6.07 Å². The molecule has 0 unspecified atom stereocenters. The summed E-state index contributed by atoms with van der Waals surface area (Å²) in [6, 6.07) is 7.22. The minimum atomic E-state index is -1.26. The summed E-state index contributed by atoms with van der Waals surface area (Å²) < 4.78 is 38.7. The van der Waals surface area contributed by atoms with Crippen molar-refractivity contribution >= 4 is 0 Å². The summed E-state index contributed by atoms with van der Waals surface area (Å²) in [7, 11) is 0. The minimum absolute atomic E-state index is 0. The Bertz CT molecular complexity index is 488. The second kappa shape index (κ2) is 5.23. The Hall–Kier alpha value is -1.19. The van der Waals surface area contributed by atoms with Gasteiger partial charge in [0.05, 0.1) is 11.6 Å². The Kier molecular flexibility index (Phi) is 4.21. The molecule has 85 valence electrons. The topological polar surface area (TPSA) is 12.9 Å². The van der Waals surface area contributed by atoms with Crippen LogP contribution in [-0.2, 0) is 20.1 Å². The van der Waals surface area contributed by atoms with E-state index in [0.29, 0.717) is 6.07 Å². The second-order valence-electron chi connectivity index (χ2n) is 2.87. The van der Waals surface area contributed by atoms with Gasteiger partial charge in [-0.15, -0.1) is 0 Å². The average Bonchev–Trinajstić information content (AvgIpc) is 2.25. The molecule has 1 nitrogen and oxygen atoms in total. The van der Waals surface area contributed by atoms with Crippen LogP contribution < -0.4 is 0 Å². The number of halogens is 3. The Morgan fingerprint density at radius 2 is 1.81 bits per heavy atom. The monoisotopic (exact) mass is 401 g/mol. The molecule has 0 saturated carbocycles. The summed E-state index contributed by atoms with van der Waals surface area (Å²) in [5.41, 5.74) is 0.0448. The van der Waals surface area contributed by atoms with Gasteiger partial charge in [0.15, 0.2) is 0 Å². The molecule has 0 atom stereocenters. The third kappa shape index (κ3) is 2.49. The maximum Gasteiger partial charge on any atom is 0.0756 e. The molecule has 0 aliphatic heterocycles. The van der Waals surface area contributed by atoms with Crippen LogP contribution in [0.5, 0.6) is 0 Å². The molecule has 1 aromatic heterocycles. The Balaban J connectivity index is 0.00000128. The van der Waals surface area contributed by atoms with Crippen molar-refractivity contribution in [3.63, 3.8) is 0 Å². The van der Waals surface area contributed by atoms with E-state index in [4.69, 9.17) is 0 Å².